The second-order valence-electron chi connectivity index (χ2n) is 5.66. The van der Waals surface area contributed by atoms with Gasteiger partial charge in [-0.2, -0.15) is 0 Å². The van der Waals surface area contributed by atoms with E-state index in [0.717, 1.165) is 5.56 Å². The predicted molar refractivity (Wildman–Crippen MR) is 99.6 cm³/mol. The summed E-state index contributed by atoms with van der Waals surface area (Å²) in [7, 11) is 1.56. The largest absolute Gasteiger partial charge is 0.495 e. The van der Waals surface area contributed by atoms with Crippen LogP contribution in [0.3, 0.4) is 0 Å². The second-order valence-corrected chi connectivity index (χ2v) is 5.66. The molecule has 0 fully saturated rings. The molecule has 0 saturated carbocycles. The number of anilines is 3. The number of aryl methyl sites for hydroxylation is 1. The van der Waals surface area contributed by atoms with Crippen molar-refractivity contribution in [3.05, 3.63) is 77.7 Å². The third-order valence-corrected chi connectivity index (χ3v) is 3.78. The van der Waals surface area contributed by atoms with Gasteiger partial charge in [0, 0.05) is 6.20 Å². The van der Waals surface area contributed by atoms with Gasteiger partial charge in [0.1, 0.15) is 17.4 Å². The molecule has 132 valence electrons. The summed E-state index contributed by atoms with van der Waals surface area (Å²) in [5.74, 6) is 0.0175. The summed E-state index contributed by atoms with van der Waals surface area (Å²) >= 11 is 0. The topological polar surface area (TPSA) is 63.2 Å². The quantitative estimate of drug-likeness (QED) is 0.709. The lowest BCUT2D eigenvalue weighted by Gasteiger charge is -2.14. The Morgan fingerprint density at radius 1 is 1.08 bits per heavy atom. The number of benzene rings is 2. The Kier molecular flexibility index (Phi) is 5.12. The van der Waals surface area contributed by atoms with Crippen LogP contribution in [0.5, 0.6) is 5.75 Å². The smallest absolute Gasteiger partial charge is 0.259 e. The standard InChI is InChI=1S/C20H18FN3O2/c1-13-9-10-15(21)17(12-13)24-20(25)14-6-5-11-22-19(14)23-16-7-3-4-8-18(16)26-2/h3-12H,1-2H3,(H,22,23)(H,24,25). The van der Waals surface area contributed by atoms with Crippen molar-refractivity contribution in [1.29, 1.82) is 0 Å². The molecule has 0 bridgehead atoms. The number of hydrogen-bond donors (Lipinski definition) is 2. The molecule has 0 atom stereocenters. The summed E-state index contributed by atoms with van der Waals surface area (Å²) in [5.41, 5.74) is 1.94. The van der Waals surface area contributed by atoms with E-state index in [4.69, 9.17) is 4.74 Å². The number of aromatic nitrogens is 1. The molecule has 0 aliphatic heterocycles. The van der Waals surface area contributed by atoms with Crippen molar-refractivity contribution in [3.8, 4) is 5.75 Å². The van der Waals surface area contributed by atoms with Gasteiger partial charge in [0.25, 0.3) is 5.91 Å². The molecule has 1 amide bonds. The molecule has 2 aromatic carbocycles. The Balaban J connectivity index is 1.89. The van der Waals surface area contributed by atoms with Gasteiger partial charge in [-0.1, -0.05) is 18.2 Å². The van der Waals surface area contributed by atoms with Crippen LogP contribution in [0.15, 0.2) is 60.8 Å². The van der Waals surface area contributed by atoms with E-state index in [0.29, 0.717) is 22.8 Å². The van der Waals surface area contributed by atoms with Crippen LogP contribution in [-0.4, -0.2) is 18.0 Å². The van der Waals surface area contributed by atoms with Gasteiger partial charge in [-0.15, -0.1) is 0 Å². The molecular formula is C20H18FN3O2. The van der Waals surface area contributed by atoms with E-state index in [1.54, 1.807) is 43.6 Å². The van der Waals surface area contributed by atoms with E-state index < -0.39 is 11.7 Å². The molecule has 1 heterocycles. The normalized spacial score (nSPS) is 10.3. The number of rotatable bonds is 5. The fraction of sp³-hybridized carbons (Fsp3) is 0.100. The molecule has 0 radical (unpaired) electrons. The van der Waals surface area contributed by atoms with E-state index in [1.807, 2.05) is 25.1 Å². The maximum absolute atomic E-state index is 13.9. The molecule has 26 heavy (non-hydrogen) atoms. The Morgan fingerprint density at radius 2 is 1.88 bits per heavy atom. The fourth-order valence-electron chi connectivity index (χ4n) is 2.49. The number of ether oxygens (including phenoxy) is 1. The SMILES string of the molecule is COc1ccccc1Nc1ncccc1C(=O)Nc1cc(C)ccc1F. The van der Waals surface area contributed by atoms with E-state index >= 15 is 0 Å². The zero-order valence-corrected chi connectivity index (χ0v) is 14.4. The summed E-state index contributed by atoms with van der Waals surface area (Å²) < 4.78 is 19.2. The average Bonchev–Trinajstić information content (AvgIpc) is 2.65. The number of nitrogens with one attached hydrogen (secondary N) is 2. The van der Waals surface area contributed by atoms with Gasteiger partial charge in [-0.05, 0) is 48.9 Å². The van der Waals surface area contributed by atoms with Crippen molar-refractivity contribution < 1.29 is 13.9 Å². The van der Waals surface area contributed by atoms with E-state index in [9.17, 15) is 9.18 Å². The van der Waals surface area contributed by atoms with Crippen LogP contribution in [0, 0.1) is 12.7 Å². The van der Waals surface area contributed by atoms with Crippen molar-refractivity contribution in [3.63, 3.8) is 0 Å². The van der Waals surface area contributed by atoms with Crippen LogP contribution in [0.1, 0.15) is 15.9 Å². The fourth-order valence-corrected chi connectivity index (χ4v) is 2.49. The van der Waals surface area contributed by atoms with E-state index in [1.165, 1.54) is 6.07 Å². The first-order chi connectivity index (χ1) is 12.6. The molecule has 5 nitrogen and oxygen atoms in total. The highest BCUT2D eigenvalue weighted by Gasteiger charge is 2.15. The minimum atomic E-state index is -0.493. The number of methoxy groups -OCH3 is 1. The summed E-state index contributed by atoms with van der Waals surface area (Å²) in [6, 6.07) is 15.1. The summed E-state index contributed by atoms with van der Waals surface area (Å²) in [5, 5.41) is 5.69. The number of para-hydroxylation sites is 2. The Hall–Kier alpha value is -3.41. The first kappa shape index (κ1) is 17.4. The van der Waals surface area contributed by atoms with Gasteiger partial charge < -0.3 is 15.4 Å². The van der Waals surface area contributed by atoms with Crippen molar-refractivity contribution in [2.24, 2.45) is 0 Å². The minimum absolute atomic E-state index is 0.127. The van der Waals surface area contributed by atoms with Crippen molar-refractivity contribution in [1.82, 2.24) is 4.98 Å². The third kappa shape index (κ3) is 3.80. The Morgan fingerprint density at radius 3 is 2.69 bits per heavy atom. The van der Waals surface area contributed by atoms with Crippen LogP contribution < -0.4 is 15.4 Å². The zero-order valence-electron chi connectivity index (χ0n) is 14.4. The minimum Gasteiger partial charge on any atom is -0.495 e. The molecule has 6 heteroatoms. The highest BCUT2D eigenvalue weighted by atomic mass is 19.1. The number of carbonyl (C=O) groups is 1. The predicted octanol–water partition coefficient (Wildman–Crippen LogP) is 4.53. The first-order valence-electron chi connectivity index (χ1n) is 8.01. The number of hydrogen-bond acceptors (Lipinski definition) is 4. The van der Waals surface area contributed by atoms with Crippen LogP contribution in [-0.2, 0) is 0 Å². The molecule has 0 aliphatic rings. The lowest BCUT2D eigenvalue weighted by Crippen LogP contribution is -2.15. The molecule has 0 aliphatic carbocycles. The molecule has 0 spiro atoms. The van der Waals surface area contributed by atoms with Crippen molar-refractivity contribution in [2.75, 3.05) is 17.7 Å². The van der Waals surface area contributed by atoms with E-state index in [2.05, 4.69) is 15.6 Å². The lowest BCUT2D eigenvalue weighted by atomic mass is 10.2. The van der Waals surface area contributed by atoms with Gasteiger partial charge in [0.05, 0.1) is 24.0 Å². The van der Waals surface area contributed by atoms with Gasteiger partial charge in [-0.25, -0.2) is 9.37 Å². The van der Waals surface area contributed by atoms with E-state index in [-0.39, 0.29) is 5.69 Å². The number of amides is 1. The van der Waals surface area contributed by atoms with Gasteiger partial charge in [-0.3, -0.25) is 4.79 Å². The highest BCUT2D eigenvalue weighted by molar-refractivity contribution is 6.08. The van der Waals surface area contributed by atoms with Crippen molar-refractivity contribution in [2.45, 2.75) is 6.92 Å². The maximum atomic E-state index is 13.9. The summed E-state index contributed by atoms with van der Waals surface area (Å²) in [6.45, 7) is 1.83. The van der Waals surface area contributed by atoms with Crippen molar-refractivity contribution >= 4 is 23.1 Å². The van der Waals surface area contributed by atoms with Crippen LogP contribution in [0.4, 0.5) is 21.6 Å². The number of halogens is 1. The first-order valence-corrected chi connectivity index (χ1v) is 8.01. The number of pyridine rings is 1. The summed E-state index contributed by atoms with van der Waals surface area (Å²) in [6.07, 6.45) is 1.57. The number of nitrogens with zero attached hydrogens (tertiary/aromatic N) is 1. The summed E-state index contributed by atoms with van der Waals surface area (Å²) in [4.78, 5) is 16.9. The zero-order chi connectivity index (χ0) is 18.5. The highest BCUT2D eigenvalue weighted by Crippen LogP contribution is 2.28. The molecule has 2 N–H and O–H groups in total. The second kappa shape index (κ2) is 7.65. The molecule has 0 saturated heterocycles. The maximum Gasteiger partial charge on any atom is 0.259 e. The van der Waals surface area contributed by atoms with Gasteiger partial charge in [0.2, 0.25) is 0 Å². The Bertz CT molecular complexity index is 944. The molecule has 1 aromatic heterocycles. The Labute approximate surface area is 150 Å². The lowest BCUT2D eigenvalue weighted by molar-refractivity contribution is 0.102. The van der Waals surface area contributed by atoms with Crippen LogP contribution in [0.2, 0.25) is 0 Å². The van der Waals surface area contributed by atoms with Crippen LogP contribution in [0.25, 0.3) is 0 Å². The number of carbonyl (C=O) groups excluding carboxylic acids is 1. The molecule has 3 rings (SSSR count). The third-order valence-electron chi connectivity index (χ3n) is 3.78. The van der Waals surface area contributed by atoms with Gasteiger partial charge >= 0.3 is 0 Å². The molecule has 0 unspecified atom stereocenters. The molecular weight excluding hydrogens is 333 g/mol. The average molecular weight is 351 g/mol. The van der Waals surface area contributed by atoms with Crippen LogP contribution >= 0.6 is 0 Å². The monoisotopic (exact) mass is 351 g/mol. The van der Waals surface area contributed by atoms with Gasteiger partial charge in [0.15, 0.2) is 0 Å². The molecule has 3 aromatic rings.